The van der Waals surface area contributed by atoms with E-state index in [9.17, 15) is 27.6 Å². The first kappa shape index (κ1) is 34.7. The molecule has 2 fully saturated rings. The predicted molar refractivity (Wildman–Crippen MR) is 177 cm³/mol. The van der Waals surface area contributed by atoms with Crippen LogP contribution in [-0.2, 0) is 32.2 Å². The first-order chi connectivity index (χ1) is 23.7. The monoisotopic (exact) mass is 695 g/mol. The van der Waals surface area contributed by atoms with Gasteiger partial charge >= 0.3 is 5.97 Å². The summed E-state index contributed by atoms with van der Waals surface area (Å²) in [6.07, 6.45) is 4.05. The van der Waals surface area contributed by atoms with Crippen LogP contribution in [0.2, 0.25) is 5.02 Å². The molecule has 0 unspecified atom stereocenters. The molecule has 3 aromatic carbocycles. The summed E-state index contributed by atoms with van der Waals surface area (Å²) in [5.41, 5.74) is 4.25. The molecule has 1 saturated heterocycles. The number of piperazine rings is 1. The number of benzene rings is 3. The number of ether oxygens (including phenoxy) is 1. The number of hydrogen-bond acceptors (Lipinski definition) is 7. The molecule has 2 atom stereocenters. The van der Waals surface area contributed by atoms with Gasteiger partial charge in [0.05, 0.1) is 32.2 Å². The van der Waals surface area contributed by atoms with Crippen LogP contribution < -0.4 is 10.1 Å². The van der Waals surface area contributed by atoms with Gasteiger partial charge in [-0.25, -0.2) is 8.78 Å². The smallest absolute Gasteiger partial charge is 0.325 e. The minimum Gasteiger partial charge on any atom is -0.488 e. The fourth-order valence-electron chi connectivity index (χ4n) is 6.45. The third kappa shape index (κ3) is 8.34. The Kier molecular flexibility index (Phi) is 11.0. The fraction of sp³-hybridized carbons (Fsp3) is 0.378. The maximum atomic E-state index is 14.6. The molecule has 6 rings (SSSR count). The SMILES string of the molecule is O=CCCC(=O)ON1C[C@H]2CC(c3ccc(CCCOc4c(F)ccc(F)c4F)cc3)=C(C(=O)N(Cc3ccccc3Cl)C3CC3)[C@@H](C1)N2. The van der Waals surface area contributed by atoms with Gasteiger partial charge in [0.15, 0.2) is 17.4 Å². The lowest BCUT2D eigenvalue weighted by molar-refractivity contribution is -0.198. The number of rotatable bonds is 14. The van der Waals surface area contributed by atoms with Crippen molar-refractivity contribution in [3.05, 3.63) is 105 Å². The number of amides is 1. The highest BCUT2D eigenvalue weighted by molar-refractivity contribution is 6.31. The van der Waals surface area contributed by atoms with Crippen LogP contribution in [0.25, 0.3) is 5.57 Å². The lowest BCUT2D eigenvalue weighted by Gasteiger charge is -2.44. The molecular weight excluding hydrogens is 659 g/mol. The van der Waals surface area contributed by atoms with Crippen LogP contribution in [0.4, 0.5) is 13.2 Å². The number of aldehydes is 1. The summed E-state index contributed by atoms with van der Waals surface area (Å²) < 4.78 is 46.6. The Morgan fingerprint density at radius 3 is 2.49 bits per heavy atom. The Bertz CT molecular complexity index is 1730. The molecule has 3 aromatic rings. The van der Waals surface area contributed by atoms with Crippen molar-refractivity contribution in [2.75, 3.05) is 19.7 Å². The molecule has 0 aromatic heterocycles. The number of hydroxylamine groups is 2. The van der Waals surface area contributed by atoms with Crippen molar-refractivity contribution >= 4 is 35.3 Å². The van der Waals surface area contributed by atoms with Crippen molar-refractivity contribution in [1.82, 2.24) is 15.3 Å². The Balaban J connectivity index is 1.22. The van der Waals surface area contributed by atoms with Gasteiger partial charge in [-0.1, -0.05) is 54.1 Å². The highest BCUT2D eigenvalue weighted by atomic mass is 35.5. The van der Waals surface area contributed by atoms with E-state index in [-0.39, 0.29) is 44.0 Å². The molecule has 1 saturated carbocycles. The number of nitrogens with zero attached hydrogens (tertiary/aromatic N) is 2. The summed E-state index contributed by atoms with van der Waals surface area (Å²) in [7, 11) is 0. The summed E-state index contributed by atoms with van der Waals surface area (Å²) >= 11 is 6.51. The molecule has 49 heavy (non-hydrogen) atoms. The zero-order valence-corrected chi connectivity index (χ0v) is 27.6. The molecule has 1 amide bonds. The topological polar surface area (TPSA) is 88.2 Å². The second kappa shape index (κ2) is 15.6. The van der Waals surface area contributed by atoms with Crippen LogP contribution in [0.15, 0.2) is 66.2 Å². The first-order valence-electron chi connectivity index (χ1n) is 16.5. The van der Waals surface area contributed by atoms with Gasteiger partial charge in [-0.3, -0.25) is 9.59 Å². The summed E-state index contributed by atoms with van der Waals surface area (Å²) in [5, 5.41) is 5.76. The van der Waals surface area contributed by atoms with E-state index in [0.717, 1.165) is 41.2 Å². The van der Waals surface area contributed by atoms with Gasteiger partial charge < -0.3 is 24.6 Å². The molecule has 2 bridgehead atoms. The van der Waals surface area contributed by atoms with Gasteiger partial charge in [-0.15, -0.1) is 5.06 Å². The van der Waals surface area contributed by atoms with E-state index < -0.39 is 35.2 Å². The van der Waals surface area contributed by atoms with Crippen molar-refractivity contribution in [1.29, 1.82) is 0 Å². The lowest BCUT2D eigenvalue weighted by atomic mass is 9.83. The van der Waals surface area contributed by atoms with Gasteiger partial charge in [0.2, 0.25) is 5.82 Å². The fourth-order valence-corrected chi connectivity index (χ4v) is 6.65. The third-order valence-corrected chi connectivity index (χ3v) is 9.38. The lowest BCUT2D eigenvalue weighted by Crippen LogP contribution is -2.61. The average Bonchev–Trinajstić information content (AvgIpc) is 3.94. The average molecular weight is 696 g/mol. The van der Waals surface area contributed by atoms with Gasteiger partial charge in [0, 0.05) is 35.6 Å². The number of carbonyl (C=O) groups excluding carboxylic acids is 3. The van der Waals surface area contributed by atoms with Gasteiger partial charge in [0.25, 0.3) is 5.91 Å². The zero-order valence-electron chi connectivity index (χ0n) is 26.8. The molecule has 2 heterocycles. The predicted octanol–water partition coefficient (Wildman–Crippen LogP) is 6.20. The van der Waals surface area contributed by atoms with E-state index in [4.69, 9.17) is 21.2 Å². The molecular formula is C37H37ClF3N3O5. The Morgan fingerprint density at radius 1 is 1.00 bits per heavy atom. The molecule has 12 heteroatoms. The normalized spacial score (nSPS) is 19.0. The van der Waals surface area contributed by atoms with Crippen LogP contribution in [-0.4, -0.2) is 65.9 Å². The maximum Gasteiger partial charge on any atom is 0.325 e. The van der Waals surface area contributed by atoms with E-state index in [1.54, 1.807) is 5.06 Å². The van der Waals surface area contributed by atoms with Crippen molar-refractivity contribution in [2.24, 2.45) is 0 Å². The number of hydrogen-bond donors (Lipinski definition) is 1. The minimum absolute atomic E-state index is 0.00344. The van der Waals surface area contributed by atoms with Crippen molar-refractivity contribution < 1.29 is 37.1 Å². The Morgan fingerprint density at radius 2 is 1.76 bits per heavy atom. The number of nitrogens with one attached hydrogen (secondary N) is 1. The molecule has 1 aliphatic carbocycles. The van der Waals surface area contributed by atoms with E-state index >= 15 is 0 Å². The summed E-state index contributed by atoms with van der Waals surface area (Å²) in [5.74, 6) is -4.79. The van der Waals surface area contributed by atoms with Gasteiger partial charge in [-0.2, -0.15) is 4.39 Å². The molecule has 3 aliphatic rings. The second-order valence-electron chi connectivity index (χ2n) is 12.6. The zero-order chi connectivity index (χ0) is 34.5. The Labute approximate surface area is 287 Å². The molecule has 0 spiro atoms. The molecule has 0 radical (unpaired) electrons. The van der Waals surface area contributed by atoms with Crippen LogP contribution >= 0.6 is 11.6 Å². The van der Waals surface area contributed by atoms with Crippen LogP contribution in [0.1, 0.15) is 55.2 Å². The number of halogens is 4. The van der Waals surface area contributed by atoms with E-state index in [1.165, 1.54) is 0 Å². The largest absolute Gasteiger partial charge is 0.488 e. The Hall–Kier alpha value is -4.19. The summed E-state index contributed by atoms with van der Waals surface area (Å²) in [6, 6.07) is 16.5. The van der Waals surface area contributed by atoms with Crippen LogP contribution in [0, 0.1) is 17.5 Å². The number of aryl methyl sites for hydroxylation is 1. The molecule has 8 nitrogen and oxygen atoms in total. The summed E-state index contributed by atoms with van der Waals surface area (Å²) in [4.78, 5) is 45.2. The second-order valence-corrected chi connectivity index (χ2v) is 13.0. The van der Waals surface area contributed by atoms with Crippen LogP contribution in [0.5, 0.6) is 5.75 Å². The van der Waals surface area contributed by atoms with Crippen molar-refractivity contribution in [2.45, 2.75) is 69.6 Å². The highest BCUT2D eigenvalue weighted by Gasteiger charge is 2.43. The molecule has 1 N–H and O–H groups in total. The number of carbonyl (C=O) groups is 3. The van der Waals surface area contributed by atoms with E-state index in [2.05, 4.69) is 5.32 Å². The van der Waals surface area contributed by atoms with Gasteiger partial charge in [-0.05, 0) is 72.6 Å². The quantitative estimate of drug-likeness (QED) is 0.122. The minimum atomic E-state index is -1.35. The van der Waals surface area contributed by atoms with E-state index in [1.807, 2.05) is 53.4 Å². The van der Waals surface area contributed by atoms with Crippen LogP contribution in [0.3, 0.4) is 0 Å². The molecule has 2 aliphatic heterocycles. The third-order valence-electron chi connectivity index (χ3n) is 9.01. The molecule has 258 valence electrons. The summed E-state index contributed by atoms with van der Waals surface area (Å²) in [6.45, 7) is 1.05. The van der Waals surface area contributed by atoms with E-state index in [0.29, 0.717) is 55.3 Å². The van der Waals surface area contributed by atoms with Gasteiger partial charge in [0.1, 0.15) is 6.29 Å². The highest BCUT2D eigenvalue weighted by Crippen LogP contribution is 2.38. The first-order valence-corrected chi connectivity index (χ1v) is 16.9. The van der Waals surface area contributed by atoms with Crippen molar-refractivity contribution in [3.8, 4) is 5.75 Å². The maximum absolute atomic E-state index is 14.6. The standard InChI is InChI=1S/C37H37ClF3N3O5/c38-29-7-2-1-6-25(29)20-44(27-13-14-27)37(47)34-28(19-26-21-43(22-32(34)42-26)49-33(46)8-3-17-45)24-11-9-23(10-12-24)5-4-18-48-36-31(40)16-15-30(39)35(36)41/h1-2,6-7,9-12,15-17,26-27,32,42H,3-5,8,13-14,18-22H2/t26-,32-/m1/s1. The number of fused-ring (bicyclic) bond motifs is 2. The van der Waals surface area contributed by atoms with Crippen molar-refractivity contribution in [3.63, 3.8) is 0 Å².